The number of aliphatic hydroxyl groups excluding tert-OH is 1. The lowest BCUT2D eigenvalue weighted by Crippen LogP contribution is -2.51. The van der Waals surface area contributed by atoms with Crippen LogP contribution in [0.4, 0.5) is 0 Å². The van der Waals surface area contributed by atoms with Crippen molar-refractivity contribution < 1.29 is 34.4 Å². The lowest BCUT2D eigenvalue weighted by molar-refractivity contribution is -0.226. The second-order valence-corrected chi connectivity index (χ2v) is 7.37. The zero-order valence-electron chi connectivity index (χ0n) is 15.7. The van der Waals surface area contributed by atoms with Gasteiger partial charge in [-0.2, -0.15) is 0 Å². The van der Waals surface area contributed by atoms with E-state index in [1.165, 1.54) is 30.3 Å². The van der Waals surface area contributed by atoms with Gasteiger partial charge in [-0.15, -0.1) is 0 Å². The summed E-state index contributed by atoms with van der Waals surface area (Å²) in [6.45, 7) is 1.71. The molecule has 1 aliphatic heterocycles. The highest BCUT2D eigenvalue weighted by Crippen LogP contribution is 2.37. The van der Waals surface area contributed by atoms with Gasteiger partial charge in [-0.25, -0.2) is 0 Å². The van der Waals surface area contributed by atoms with Gasteiger partial charge in [0.15, 0.2) is 12.1 Å². The maximum atomic E-state index is 12.9. The average Bonchev–Trinajstić information content (AvgIpc) is 2.68. The van der Waals surface area contributed by atoms with Gasteiger partial charge in [0, 0.05) is 23.6 Å². The number of aromatic hydroxyl groups is 2. The summed E-state index contributed by atoms with van der Waals surface area (Å²) >= 11 is 0. The molecule has 8 nitrogen and oxygen atoms in total. The highest BCUT2D eigenvalue weighted by molar-refractivity contribution is 6.30. The maximum Gasteiger partial charge on any atom is 0.201 e. The average molecular weight is 399 g/mol. The van der Waals surface area contributed by atoms with Gasteiger partial charge in [-0.05, 0) is 30.7 Å². The Kier molecular flexibility index (Phi) is 4.87. The van der Waals surface area contributed by atoms with E-state index in [2.05, 4.69) is 0 Å². The molecule has 1 heterocycles. The summed E-state index contributed by atoms with van der Waals surface area (Å²) in [6.07, 6.45) is -1.60. The summed E-state index contributed by atoms with van der Waals surface area (Å²) in [5.41, 5.74) is 6.25. The van der Waals surface area contributed by atoms with Crippen molar-refractivity contribution >= 4 is 11.6 Å². The topological polar surface area (TPSA) is 139 Å². The van der Waals surface area contributed by atoms with Crippen molar-refractivity contribution in [1.29, 1.82) is 0 Å². The highest BCUT2D eigenvalue weighted by atomic mass is 16.7. The standard InChI is InChI=1S/C21H21NO7/c1-9-19(25)13(22)7-16(29-9)28-8-10-5-12-18(15(24)6-10)21(27)17-11(20(12)26)3-2-4-14(17)23/h2-6,9,13,16,19,23-25H,7-8,22H2,1H3/t9-,13+,16-,19-/m1/s1. The Balaban J connectivity index is 1.60. The normalized spacial score (nSPS) is 26.2. The Morgan fingerprint density at radius 3 is 2.55 bits per heavy atom. The van der Waals surface area contributed by atoms with Crippen LogP contribution in [0.5, 0.6) is 11.5 Å². The summed E-state index contributed by atoms with van der Waals surface area (Å²) in [6, 6.07) is 6.61. The van der Waals surface area contributed by atoms with Gasteiger partial charge in [0.25, 0.3) is 0 Å². The molecule has 0 aromatic heterocycles. The quantitative estimate of drug-likeness (QED) is 0.515. The van der Waals surface area contributed by atoms with Gasteiger partial charge in [-0.3, -0.25) is 9.59 Å². The number of ether oxygens (including phenoxy) is 2. The SMILES string of the molecule is C[C@H]1O[C@@H](OCc2cc(O)c3c(c2)C(=O)c2cccc(O)c2C3=O)C[C@H](N)[C@@H]1O. The zero-order chi connectivity index (χ0) is 20.9. The first-order chi connectivity index (χ1) is 13.8. The van der Waals surface area contributed by atoms with Crippen molar-refractivity contribution in [3.05, 3.63) is 58.1 Å². The van der Waals surface area contributed by atoms with Gasteiger partial charge in [0.1, 0.15) is 11.5 Å². The molecule has 5 N–H and O–H groups in total. The Hall–Kier alpha value is -2.78. The molecule has 1 saturated heterocycles. The molecule has 29 heavy (non-hydrogen) atoms. The molecule has 2 aromatic carbocycles. The molecule has 0 bridgehead atoms. The third-order valence-electron chi connectivity index (χ3n) is 5.35. The van der Waals surface area contributed by atoms with Crippen LogP contribution in [0.15, 0.2) is 30.3 Å². The van der Waals surface area contributed by atoms with Crippen molar-refractivity contribution in [3.8, 4) is 11.5 Å². The highest BCUT2D eigenvalue weighted by Gasteiger charge is 2.35. The fraction of sp³-hybridized carbons (Fsp3) is 0.333. The van der Waals surface area contributed by atoms with Gasteiger partial charge < -0.3 is 30.5 Å². The Morgan fingerprint density at radius 2 is 1.83 bits per heavy atom. The minimum Gasteiger partial charge on any atom is -0.507 e. The molecule has 0 amide bonds. The monoisotopic (exact) mass is 399 g/mol. The van der Waals surface area contributed by atoms with Crippen LogP contribution in [0.1, 0.15) is 50.8 Å². The zero-order valence-corrected chi connectivity index (χ0v) is 15.7. The van der Waals surface area contributed by atoms with E-state index in [0.717, 1.165) is 0 Å². The van der Waals surface area contributed by atoms with E-state index in [1.807, 2.05) is 0 Å². The number of fused-ring (bicyclic) bond motifs is 2. The lowest BCUT2D eigenvalue weighted by atomic mass is 9.82. The summed E-state index contributed by atoms with van der Waals surface area (Å²) in [5.74, 6) is -1.74. The first kappa shape index (κ1) is 19.5. The van der Waals surface area contributed by atoms with Crippen molar-refractivity contribution in [1.82, 2.24) is 0 Å². The fourth-order valence-corrected chi connectivity index (χ4v) is 3.81. The summed E-state index contributed by atoms with van der Waals surface area (Å²) in [4.78, 5) is 25.6. The van der Waals surface area contributed by atoms with Gasteiger partial charge in [0.05, 0.1) is 29.9 Å². The van der Waals surface area contributed by atoms with Crippen LogP contribution in [0.2, 0.25) is 0 Å². The molecular formula is C21H21NO7. The summed E-state index contributed by atoms with van der Waals surface area (Å²) < 4.78 is 11.3. The number of phenolic OH excluding ortho intramolecular Hbond substituents is 2. The van der Waals surface area contributed by atoms with E-state index >= 15 is 0 Å². The van der Waals surface area contributed by atoms with Crippen molar-refractivity contribution in [3.63, 3.8) is 0 Å². The third kappa shape index (κ3) is 3.30. The molecule has 152 valence electrons. The van der Waals surface area contributed by atoms with Crippen LogP contribution < -0.4 is 5.73 Å². The number of nitrogens with two attached hydrogens (primary N) is 1. The maximum absolute atomic E-state index is 12.9. The molecule has 0 spiro atoms. The van der Waals surface area contributed by atoms with E-state index in [9.17, 15) is 24.9 Å². The first-order valence-electron chi connectivity index (χ1n) is 9.26. The molecule has 0 saturated carbocycles. The van der Waals surface area contributed by atoms with Crippen molar-refractivity contribution in [2.45, 2.75) is 44.5 Å². The Morgan fingerprint density at radius 1 is 1.10 bits per heavy atom. The van der Waals surface area contributed by atoms with Crippen molar-refractivity contribution in [2.24, 2.45) is 5.73 Å². The number of phenols is 2. The van der Waals surface area contributed by atoms with E-state index < -0.39 is 36.1 Å². The van der Waals surface area contributed by atoms with Gasteiger partial charge in [0.2, 0.25) is 5.78 Å². The number of hydrogen-bond acceptors (Lipinski definition) is 8. The molecule has 8 heteroatoms. The summed E-state index contributed by atoms with van der Waals surface area (Å²) in [7, 11) is 0. The largest absolute Gasteiger partial charge is 0.507 e. The summed E-state index contributed by atoms with van der Waals surface area (Å²) in [5, 5.41) is 30.2. The second kappa shape index (κ2) is 7.23. The molecule has 0 unspecified atom stereocenters. The first-order valence-corrected chi connectivity index (χ1v) is 9.26. The predicted molar refractivity (Wildman–Crippen MR) is 101 cm³/mol. The number of carbonyl (C=O) groups is 2. The predicted octanol–water partition coefficient (Wildman–Crippen LogP) is 1.21. The lowest BCUT2D eigenvalue weighted by Gasteiger charge is -2.35. The van der Waals surface area contributed by atoms with Crippen LogP contribution in [0.25, 0.3) is 0 Å². The number of carbonyl (C=O) groups excluding carboxylic acids is 2. The minimum atomic E-state index is -0.775. The van der Waals surface area contributed by atoms with E-state index in [1.54, 1.807) is 6.92 Å². The third-order valence-corrected chi connectivity index (χ3v) is 5.35. The molecule has 4 atom stereocenters. The van der Waals surface area contributed by atoms with Crippen LogP contribution in [-0.2, 0) is 16.1 Å². The minimum absolute atomic E-state index is 0.00933. The number of ketones is 2. The molecule has 1 aliphatic carbocycles. The Labute approximate surface area is 166 Å². The van der Waals surface area contributed by atoms with Gasteiger partial charge in [-0.1, -0.05) is 12.1 Å². The van der Waals surface area contributed by atoms with Gasteiger partial charge >= 0.3 is 0 Å². The number of aliphatic hydroxyl groups is 1. The van der Waals surface area contributed by atoms with E-state index in [4.69, 9.17) is 15.2 Å². The second-order valence-electron chi connectivity index (χ2n) is 7.37. The molecule has 0 radical (unpaired) electrons. The number of hydrogen-bond donors (Lipinski definition) is 4. The van der Waals surface area contributed by atoms with Crippen LogP contribution in [0, 0.1) is 0 Å². The molecule has 2 aliphatic rings. The molecule has 4 rings (SSSR count). The molecule has 2 aromatic rings. The van der Waals surface area contributed by atoms with Crippen LogP contribution in [0.3, 0.4) is 0 Å². The Bertz CT molecular complexity index is 991. The fourth-order valence-electron chi connectivity index (χ4n) is 3.81. The smallest absolute Gasteiger partial charge is 0.201 e. The van der Waals surface area contributed by atoms with Crippen molar-refractivity contribution in [2.75, 3.05) is 0 Å². The van der Waals surface area contributed by atoms with E-state index in [-0.39, 0.29) is 40.4 Å². The number of benzene rings is 2. The van der Waals surface area contributed by atoms with E-state index in [0.29, 0.717) is 12.0 Å². The van der Waals surface area contributed by atoms with Crippen LogP contribution in [-0.4, -0.2) is 51.4 Å². The van der Waals surface area contributed by atoms with Crippen LogP contribution >= 0.6 is 0 Å². The molecule has 1 fully saturated rings. The number of rotatable bonds is 3. The molecular weight excluding hydrogens is 378 g/mol.